The number of hydrogen-bond donors (Lipinski definition) is 3. The van der Waals surface area contributed by atoms with Gasteiger partial charge in [-0.3, -0.25) is 4.79 Å². The Bertz CT molecular complexity index is 637. The molecular weight excluding hydrogens is 326 g/mol. The second-order valence-corrected chi connectivity index (χ2v) is 4.89. The molecule has 104 valence electrons. The minimum atomic E-state index is -0.628. The van der Waals surface area contributed by atoms with Crippen LogP contribution in [0.2, 0.25) is 0 Å². The Labute approximate surface area is 123 Å². The van der Waals surface area contributed by atoms with Gasteiger partial charge in [0.15, 0.2) is 0 Å². The van der Waals surface area contributed by atoms with E-state index in [9.17, 15) is 15.0 Å². The van der Waals surface area contributed by atoms with Crippen LogP contribution in [0.4, 0.5) is 5.69 Å². The average molecular weight is 338 g/mol. The first kappa shape index (κ1) is 14.2. The summed E-state index contributed by atoms with van der Waals surface area (Å²) in [6.45, 7) is 0. The standard InChI is InChI=1S/C14H12BrNO4/c1-20-12-6-5-8(15)7-9(12)16-14(19)13-10(17)3-2-4-11(13)18/h2-7,17-18H,1H3,(H,16,19). The van der Waals surface area contributed by atoms with Crippen molar-refractivity contribution in [3.63, 3.8) is 0 Å². The van der Waals surface area contributed by atoms with Crippen LogP contribution in [-0.4, -0.2) is 23.2 Å². The number of carbonyl (C=O) groups excluding carboxylic acids is 1. The van der Waals surface area contributed by atoms with Gasteiger partial charge in [-0.1, -0.05) is 22.0 Å². The molecule has 6 heteroatoms. The van der Waals surface area contributed by atoms with Gasteiger partial charge in [-0.05, 0) is 30.3 Å². The maximum absolute atomic E-state index is 12.1. The normalized spacial score (nSPS) is 10.1. The highest BCUT2D eigenvalue weighted by molar-refractivity contribution is 9.10. The summed E-state index contributed by atoms with van der Waals surface area (Å²) in [7, 11) is 1.48. The summed E-state index contributed by atoms with van der Waals surface area (Å²) >= 11 is 3.29. The smallest absolute Gasteiger partial charge is 0.263 e. The van der Waals surface area contributed by atoms with Crippen LogP contribution < -0.4 is 10.1 Å². The molecule has 0 aliphatic rings. The minimum absolute atomic E-state index is 0.186. The van der Waals surface area contributed by atoms with Crippen molar-refractivity contribution in [2.75, 3.05) is 12.4 Å². The van der Waals surface area contributed by atoms with E-state index in [1.165, 1.54) is 25.3 Å². The van der Waals surface area contributed by atoms with Crippen molar-refractivity contribution < 1.29 is 19.7 Å². The third kappa shape index (κ3) is 2.85. The molecule has 3 N–H and O–H groups in total. The molecule has 0 fully saturated rings. The number of phenolic OH excluding ortho intramolecular Hbond substituents is 2. The molecule has 0 saturated carbocycles. The number of nitrogens with one attached hydrogen (secondary N) is 1. The predicted octanol–water partition coefficient (Wildman–Crippen LogP) is 3.12. The van der Waals surface area contributed by atoms with Crippen molar-refractivity contribution in [3.05, 3.63) is 46.4 Å². The molecule has 5 nitrogen and oxygen atoms in total. The monoisotopic (exact) mass is 337 g/mol. The van der Waals surface area contributed by atoms with E-state index in [-0.39, 0.29) is 17.1 Å². The molecule has 0 aliphatic carbocycles. The van der Waals surface area contributed by atoms with Crippen LogP contribution in [0.15, 0.2) is 40.9 Å². The summed E-state index contributed by atoms with van der Waals surface area (Å²) in [5.41, 5.74) is 0.240. The number of rotatable bonds is 3. The molecule has 20 heavy (non-hydrogen) atoms. The maximum atomic E-state index is 12.1. The third-order valence-electron chi connectivity index (χ3n) is 2.66. The Morgan fingerprint density at radius 2 is 1.85 bits per heavy atom. The number of ether oxygens (including phenoxy) is 1. The van der Waals surface area contributed by atoms with E-state index in [0.29, 0.717) is 11.4 Å². The zero-order valence-electron chi connectivity index (χ0n) is 10.6. The molecule has 2 rings (SSSR count). The zero-order chi connectivity index (χ0) is 14.7. The fourth-order valence-electron chi connectivity index (χ4n) is 1.72. The first-order valence-electron chi connectivity index (χ1n) is 5.68. The maximum Gasteiger partial charge on any atom is 0.263 e. The van der Waals surface area contributed by atoms with Crippen molar-refractivity contribution in [2.24, 2.45) is 0 Å². The van der Waals surface area contributed by atoms with Gasteiger partial charge in [0.05, 0.1) is 12.8 Å². The van der Waals surface area contributed by atoms with E-state index in [2.05, 4.69) is 21.2 Å². The third-order valence-corrected chi connectivity index (χ3v) is 3.15. The van der Waals surface area contributed by atoms with Crippen molar-refractivity contribution in [1.82, 2.24) is 0 Å². The number of amides is 1. The molecular formula is C14H12BrNO4. The van der Waals surface area contributed by atoms with Crippen molar-refractivity contribution in [2.45, 2.75) is 0 Å². The van der Waals surface area contributed by atoms with Crippen molar-refractivity contribution in [1.29, 1.82) is 0 Å². The molecule has 0 spiro atoms. The predicted molar refractivity (Wildman–Crippen MR) is 78.4 cm³/mol. The van der Waals surface area contributed by atoms with Gasteiger partial charge in [-0.2, -0.15) is 0 Å². The summed E-state index contributed by atoms with van der Waals surface area (Å²) in [5.74, 6) is -0.749. The Balaban J connectivity index is 2.35. The molecule has 2 aromatic rings. The van der Waals surface area contributed by atoms with Gasteiger partial charge in [-0.25, -0.2) is 0 Å². The molecule has 0 bridgehead atoms. The van der Waals surface area contributed by atoms with Gasteiger partial charge in [0.1, 0.15) is 22.8 Å². The number of benzene rings is 2. The second-order valence-electron chi connectivity index (χ2n) is 3.97. The Hall–Kier alpha value is -2.21. The highest BCUT2D eigenvalue weighted by Gasteiger charge is 2.17. The Morgan fingerprint density at radius 3 is 2.45 bits per heavy atom. The van der Waals surface area contributed by atoms with Crippen LogP contribution in [-0.2, 0) is 0 Å². The lowest BCUT2D eigenvalue weighted by Crippen LogP contribution is -2.13. The number of hydrogen-bond acceptors (Lipinski definition) is 4. The molecule has 1 amide bonds. The van der Waals surface area contributed by atoms with Crippen molar-refractivity contribution in [3.8, 4) is 17.2 Å². The van der Waals surface area contributed by atoms with Gasteiger partial charge in [0, 0.05) is 4.47 Å². The van der Waals surface area contributed by atoms with Gasteiger partial charge in [-0.15, -0.1) is 0 Å². The number of anilines is 1. The van der Waals surface area contributed by atoms with E-state index < -0.39 is 5.91 Å². The summed E-state index contributed by atoms with van der Waals surface area (Å²) in [5, 5.41) is 21.9. The molecule has 0 radical (unpaired) electrons. The number of methoxy groups -OCH3 is 1. The van der Waals surface area contributed by atoms with E-state index in [0.717, 1.165) is 4.47 Å². The summed E-state index contributed by atoms with van der Waals surface area (Å²) in [6, 6.07) is 9.21. The minimum Gasteiger partial charge on any atom is -0.507 e. The largest absolute Gasteiger partial charge is 0.507 e. The molecule has 0 heterocycles. The average Bonchev–Trinajstić information content (AvgIpc) is 2.38. The highest BCUT2D eigenvalue weighted by atomic mass is 79.9. The van der Waals surface area contributed by atoms with Gasteiger partial charge in [0.2, 0.25) is 0 Å². The number of halogens is 1. The Kier molecular flexibility index (Phi) is 4.14. The number of carbonyl (C=O) groups is 1. The van der Waals surface area contributed by atoms with E-state index in [4.69, 9.17) is 4.74 Å². The summed E-state index contributed by atoms with van der Waals surface area (Å²) in [4.78, 5) is 12.1. The van der Waals surface area contributed by atoms with E-state index in [1.807, 2.05) is 0 Å². The van der Waals surface area contributed by atoms with Crippen LogP contribution >= 0.6 is 15.9 Å². The lowest BCUT2D eigenvalue weighted by Gasteiger charge is -2.12. The summed E-state index contributed by atoms with van der Waals surface area (Å²) in [6.07, 6.45) is 0. The first-order valence-corrected chi connectivity index (χ1v) is 6.48. The molecule has 0 aromatic heterocycles. The molecule has 0 unspecified atom stereocenters. The first-order chi connectivity index (χ1) is 9.52. The second kappa shape index (κ2) is 5.83. The topological polar surface area (TPSA) is 78.8 Å². The number of aromatic hydroxyl groups is 2. The molecule has 0 atom stereocenters. The molecule has 2 aromatic carbocycles. The van der Waals surface area contributed by atoms with Crippen LogP contribution in [0, 0.1) is 0 Å². The fraction of sp³-hybridized carbons (Fsp3) is 0.0714. The van der Waals surface area contributed by atoms with Crippen molar-refractivity contribution >= 4 is 27.5 Å². The van der Waals surface area contributed by atoms with Gasteiger partial charge < -0.3 is 20.3 Å². The lowest BCUT2D eigenvalue weighted by molar-refractivity contribution is 0.102. The highest BCUT2D eigenvalue weighted by Crippen LogP contribution is 2.31. The fourth-order valence-corrected chi connectivity index (χ4v) is 2.08. The Morgan fingerprint density at radius 1 is 1.20 bits per heavy atom. The molecule has 0 aliphatic heterocycles. The zero-order valence-corrected chi connectivity index (χ0v) is 12.1. The molecule has 0 saturated heterocycles. The van der Waals surface area contributed by atoms with Crippen LogP contribution in [0.25, 0.3) is 0 Å². The number of phenols is 2. The van der Waals surface area contributed by atoms with E-state index in [1.54, 1.807) is 18.2 Å². The summed E-state index contributed by atoms with van der Waals surface area (Å²) < 4.78 is 5.90. The lowest BCUT2D eigenvalue weighted by atomic mass is 10.1. The van der Waals surface area contributed by atoms with Crippen LogP contribution in [0.3, 0.4) is 0 Å². The SMILES string of the molecule is COc1ccc(Br)cc1NC(=O)c1c(O)cccc1O. The van der Waals surface area contributed by atoms with Crippen LogP contribution in [0.1, 0.15) is 10.4 Å². The van der Waals surface area contributed by atoms with Crippen LogP contribution in [0.5, 0.6) is 17.2 Å². The quantitative estimate of drug-likeness (QED) is 0.803. The van der Waals surface area contributed by atoms with E-state index >= 15 is 0 Å². The van der Waals surface area contributed by atoms with Gasteiger partial charge in [0.25, 0.3) is 5.91 Å². The van der Waals surface area contributed by atoms with Gasteiger partial charge >= 0.3 is 0 Å².